The molecule has 0 aliphatic carbocycles. The smallest absolute Gasteiger partial charge is 0.260 e. The summed E-state index contributed by atoms with van der Waals surface area (Å²) in [6.07, 6.45) is 2.96. The first-order chi connectivity index (χ1) is 9.61. The van der Waals surface area contributed by atoms with Crippen molar-refractivity contribution in [3.8, 4) is 5.75 Å². The van der Waals surface area contributed by atoms with Crippen LogP contribution in [0, 0.1) is 13.8 Å². The van der Waals surface area contributed by atoms with Crippen LogP contribution >= 0.6 is 0 Å². The maximum absolute atomic E-state index is 12.2. The second-order valence-electron chi connectivity index (χ2n) is 5.48. The Kier molecular flexibility index (Phi) is 5.01. The molecule has 110 valence electrons. The normalized spacial score (nSPS) is 18.9. The number of carbonyl (C=O) groups excluding carboxylic acids is 1. The van der Waals surface area contributed by atoms with Gasteiger partial charge in [0.05, 0.1) is 12.6 Å². The van der Waals surface area contributed by atoms with E-state index in [4.69, 9.17) is 4.74 Å². The topological polar surface area (TPSA) is 49.8 Å². The molecule has 1 aromatic rings. The minimum atomic E-state index is -0.0426. The van der Waals surface area contributed by atoms with Gasteiger partial charge >= 0.3 is 0 Å². The summed E-state index contributed by atoms with van der Waals surface area (Å²) in [4.78, 5) is 14.0. The Bertz CT molecular complexity index is 473. The fraction of sp³-hybridized carbons (Fsp3) is 0.562. The number of benzene rings is 1. The predicted octanol–water partition coefficient (Wildman–Crippen LogP) is 2.06. The van der Waals surface area contributed by atoms with E-state index in [9.17, 15) is 9.90 Å². The number of nitrogens with zero attached hydrogens (tertiary/aromatic N) is 1. The van der Waals surface area contributed by atoms with Crippen LogP contribution in [0.4, 0.5) is 0 Å². The number of aryl methyl sites for hydroxylation is 2. The van der Waals surface area contributed by atoms with Crippen molar-refractivity contribution < 1.29 is 14.6 Å². The molecule has 0 spiro atoms. The minimum absolute atomic E-state index is 0.0370. The highest BCUT2D eigenvalue weighted by Crippen LogP contribution is 2.20. The van der Waals surface area contributed by atoms with E-state index in [0.29, 0.717) is 0 Å². The molecule has 4 heteroatoms. The first-order valence-corrected chi connectivity index (χ1v) is 7.22. The number of hydrogen-bond donors (Lipinski definition) is 1. The van der Waals surface area contributed by atoms with Gasteiger partial charge in [0.1, 0.15) is 5.75 Å². The fourth-order valence-electron chi connectivity index (χ4n) is 2.70. The van der Waals surface area contributed by atoms with E-state index in [1.54, 1.807) is 4.90 Å². The third-order valence-electron chi connectivity index (χ3n) is 3.84. The van der Waals surface area contributed by atoms with Crippen LogP contribution in [0.1, 0.15) is 30.4 Å². The van der Waals surface area contributed by atoms with Crippen LogP contribution in [-0.4, -0.2) is 41.7 Å². The summed E-state index contributed by atoms with van der Waals surface area (Å²) >= 11 is 0. The van der Waals surface area contributed by atoms with E-state index in [2.05, 4.69) is 0 Å². The molecule has 20 heavy (non-hydrogen) atoms. The molecule has 1 saturated heterocycles. The summed E-state index contributed by atoms with van der Waals surface area (Å²) in [6.45, 7) is 4.81. The van der Waals surface area contributed by atoms with Gasteiger partial charge in [0.2, 0.25) is 0 Å². The van der Waals surface area contributed by atoms with Crippen molar-refractivity contribution in [2.75, 3.05) is 19.8 Å². The highest BCUT2D eigenvalue weighted by molar-refractivity contribution is 5.78. The largest absolute Gasteiger partial charge is 0.484 e. The maximum atomic E-state index is 12.2. The molecule has 1 fully saturated rings. The summed E-state index contributed by atoms with van der Waals surface area (Å²) < 4.78 is 5.63. The quantitative estimate of drug-likeness (QED) is 0.916. The molecule has 0 radical (unpaired) electrons. The van der Waals surface area contributed by atoms with Gasteiger partial charge in [-0.05, 0) is 44.7 Å². The van der Waals surface area contributed by atoms with E-state index >= 15 is 0 Å². The Morgan fingerprint density at radius 2 is 2.20 bits per heavy atom. The molecule has 1 unspecified atom stereocenters. The second-order valence-corrected chi connectivity index (χ2v) is 5.48. The molecule has 1 heterocycles. The summed E-state index contributed by atoms with van der Waals surface area (Å²) in [5.74, 6) is 0.713. The molecule has 1 aliphatic rings. The van der Waals surface area contributed by atoms with Crippen molar-refractivity contribution in [3.05, 3.63) is 29.3 Å². The number of carbonyl (C=O) groups is 1. The monoisotopic (exact) mass is 277 g/mol. The average molecular weight is 277 g/mol. The molecule has 2 rings (SSSR count). The van der Waals surface area contributed by atoms with Crippen molar-refractivity contribution >= 4 is 5.91 Å². The first-order valence-electron chi connectivity index (χ1n) is 7.22. The van der Waals surface area contributed by atoms with E-state index in [1.807, 2.05) is 32.0 Å². The Hall–Kier alpha value is -1.55. The van der Waals surface area contributed by atoms with Gasteiger partial charge in [-0.2, -0.15) is 0 Å². The number of likely N-dealkylation sites (tertiary alicyclic amines) is 1. The van der Waals surface area contributed by atoms with E-state index in [0.717, 1.165) is 37.1 Å². The van der Waals surface area contributed by atoms with Crippen LogP contribution in [-0.2, 0) is 4.79 Å². The molecule has 1 N–H and O–H groups in total. The van der Waals surface area contributed by atoms with Crippen LogP contribution < -0.4 is 4.74 Å². The number of rotatable bonds is 4. The van der Waals surface area contributed by atoms with Crippen LogP contribution in [0.25, 0.3) is 0 Å². The third-order valence-corrected chi connectivity index (χ3v) is 3.84. The highest BCUT2D eigenvalue weighted by Gasteiger charge is 2.26. The summed E-state index contributed by atoms with van der Waals surface area (Å²) in [5, 5.41) is 9.34. The second kappa shape index (κ2) is 6.75. The molecular weight excluding hydrogens is 254 g/mol. The molecule has 4 nitrogen and oxygen atoms in total. The van der Waals surface area contributed by atoms with Gasteiger partial charge in [-0.15, -0.1) is 0 Å². The Labute approximate surface area is 120 Å². The van der Waals surface area contributed by atoms with E-state index in [1.165, 1.54) is 5.56 Å². The van der Waals surface area contributed by atoms with E-state index in [-0.39, 0.29) is 25.2 Å². The van der Waals surface area contributed by atoms with Crippen molar-refractivity contribution in [2.45, 2.75) is 39.2 Å². The van der Waals surface area contributed by atoms with Crippen LogP contribution in [0.15, 0.2) is 18.2 Å². The lowest BCUT2D eigenvalue weighted by molar-refractivity contribution is -0.138. The van der Waals surface area contributed by atoms with Gasteiger partial charge in [-0.25, -0.2) is 0 Å². The first kappa shape index (κ1) is 14.9. The number of ether oxygens (including phenoxy) is 1. The standard InChI is InChI=1S/C16H23NO3/c1-12-6-7-15(13(2)9-12)20-11-16(19)17-8-4-3-5-14(17)10-18/h6-7,9,14,18H,3-5,8,10-11H2,1-2H3. The number of aliphatic hydroxyl groups excluding tert-OH is 1. The molecule has 0 aromatic heterocycles. The van der Waals surface area contributed by atoms with E-state index < -0.39 is 0 Å². The lowest BCUT2D eigenvalue weighted by Gasteiger charge is -2.34. The molecule has 1 amide bonds. The Balaban J connectivity index is 1.94. The summed E-state index contributed by atoms with van der Waals surface area (Å²) in [7, 11) is 0. The van der Waals surface area contributed by atoms with Gasteiger partial charge in [0, 0.05) is 6.54 Å². The van der Waals surface area contributed by atoms with Gasteiger partial charge in [0.25, 0.3) is 5.91 Å². The third kappa shape index (κ3) is 3.51. The van der Waals surface area contributed by atoms with Crippen LogP contribution in [0.3, 0.4) is 0 Å². The van der Waals surface area contributed by atoms with Crippen molar-refractivity contribution in [1.82, 2.24) is 4.90 Å². The van der Waals surface area contributed by atoms with Gasteiger partial charge in [-0.3, -0.25) is 4.79 Å². The summed E-state index contributed by atoms with van der Waals surface area (Å²) in [6, 6.07) is 5.87. The zero-order valence-corrected chi connectivity index (χ0v) is 12.3. The van der Waals surface area contributed by atoms with Gasteiger partial charge < -0.3 is 14.7 Å². The highest BCUT2D eigenvalue weighted by atomic mass is 16.5. The Morgan fingerprint density at radius 3 is 2.90 bits per heavy atom. The molecule has 0 bridgehead atoms. The molecule has 1 aromatic carbocycles. The van der Waals surface area contributed by atoms with Gasteiger partial charge in [-0.1, -0.05) is 17.7 Å². The van der Waals surface area contributed by atoms with Gasteiger partial charge in [0.15, 0.2) is 6.61 Å². The van der Waals surface area contributed by atoms with Crippen LogP contribution in [0.2, 0.25) is 0 Å². The lowest BCUT2D eigenvalue weighted by atomic mass is 10.0. The summed E-state index contributed by atoms with van der Waals surface area (Å²) in [5.41, 5.74) is 2.22. The zero-order valence-electron chi connectivity index (χ0n) is 12.3. The number of aliphatic hydroxyl groups is 1. The van der Waals surface area contributed by atoms with Crippen molar-refractivity contribution in [2.24, 2.45) is 0 Å². The predicted molar refractivity (Wildman–Crippen MR) is 77.8 cm³/mol. The number of piperidine rings is 1. The molecular formula is C16H23NO3. The molecule has 1 aliphatic heterocycles. The minimum Gasteiger partial charge on any atom is -0.484 e. The van der Waals surface area contributed by atoms with Crippen LogP contribution in [0.5, 0.6) is 5.75 Å². The fourth-order valence-corrected chi connectivity index (χ4v) is 2.70. The van der Waals surface area contributed by atoms with Crippen molar-refractivity contribution in [3.63, 3.8) is 0 Å². The number of hydrogen-bond acceptors (Lipinski definition) is 3. The molecule has 1 atom stereocenters. The number of amides is 1. The SMILES string of the molecule is Cc1ccc(OCC(=O)N2CCCCC2CO)c(C)c1. The Morgan fingerprint density at radius 1 is 1.40 bits per heavy atom. The lowest BCUT2D eigenvalue weighted by Crippen LogP contribution is -2.47. The maximum Gasteiger partial charge on any atom is 0.260 e. The van der Waals surface area contributed by atoms with Crippen molar-refractivity contribution in [1.29, 1.82) is 0 Å². The zero-order chi connectivity index (χ0) is 14.5. The molecule has 0 saturated carbocycles. The average Bonchev–Trinajstić information content (AvgIpc) is 2.46.